The standard InChI is InChI=1S/C11H21NO3.C9H18N2O2.2C2H6.CH4S/c1-3-15-11(13)10-5-4-6-12(9-10)7-8-14-2;1-13-7-6-11-4-2-8(3-5-11)9(10)12;3*1-2/h10H,3-9H2,1-2H3;8H,2-7H2,1H3,(H2,10,12);2*1-2H3;2H,1H3. The van der Waals surface area contributed by atoms with E-state index in [-0.39, 0.29) is 23.7 Å². The number of nitrogens with zero attached hydrogens (tertiary/aromatic N) is 2. The molecule has 2 rings (SSSR count). The van der Waals surface area contributed by atoms with Gasteiger partial charge in [-0.3, -0.25) is 9.59 Å². The summed E-state index contributed by atoms with van der Waals surface area (Å²) in [5.74, 6) is -0.0274. The predicted octanol–water partition coefficient (Wildman–Crippen LogP) is 3.34. The number of thiol groups is 1. The van der Waals surface area contributed by atoms with Gasteiger partial charge in [0.15, 0.2) is 0 Å². The van der Waals surface area contributed by atoms with E-state index in [4.69, 9.17) is 19.9 Å². The van der Waals surface area contributed by atoms with E-state index in [1.54, 1.807) is 20.5 Å². The van der Waals surface area contributed by atoms with E-state index >= 15 is 0 Å². The second-order valence-corrected chi connectivity index (χ2v) is 7.40. The van der Waals surface area contributed by atoms with Crippen LogP contribution < -0.4 is 5.73 Å². The number of esters is 1. The first kappa shape index (κ1) is 37.7. The van der Waals surface area contributed by atoms with Gasteiger partial charge in [0.1, 0.15) is 0 Å². The minimum absolute atomic E-state index is 0.0420. The molecule has 2 fully saturated rings. The number of piperidine rings is 2. The van der Waals surface area contributed by atoms with Gasteiger partial charge in [-0.25, -0.2) is 0 Å². The zero-order valence-electron chi connectivity index (χ0n) is 23.3. The summed E-state index contributed by atoms with van der Waals surface area (Å²) < 4.78 is 15.1. The van der Waals surface area contributed by atoms with Gasteiger partial charge >= 0.3 is 5.97 Å². The number of primary amides is 1. The number of hydrogen-bond acceptors (Lipinski definition) is 8. The minimum Gasteiger partial charge on any atom is -0.466 e. The molecule has 34 heavy (non-hydrogen) atoms. The molecule has 8 nitrogen and oxygen atoms in total. The lowest BCUT2D eigenvalue weighted by atomic mass is 9.96. The highest BCUT2D eigenvalue weighted by atomic mass is 32.1. The molecule has 0 aromatic carbocycles. The van der Waals surface area contributed by atoms with Gasteiger partial charge in [-0.1, -0.05) is 27.7 Å². The molecule has 2 saturated heterocycles. The number of ether oxygens (including phenoxy) is 3. The maximum Gasteiger partial charge on any atom is 0.310 e. The van der Waals surface area contributed by atoms with E-state index in [1.807, 2.05) is 34.6 Å². The van der Waals surface area contributed by atoms with E-state index in [0.717, 1.165) is 78.2 Å². The molecule has 1 amide bonds. The van der Waals surface area contributed by atoms with Gasteiger partial charge in [0, 0.05) is 39.8 Å². The number of nitrogens with two attached hydrogens (primary N) is 1. The van der Waals surface area contributed by atoms with Crippen molar-refractivity contribution < 1.29 is 23.8 Å². The Bertz CT molecular complexity index is 450. The van der Waals surface area contributed by atoms with Crippen LogP contribution in [0.3, 0.4) is 0 Å². The molecule has 2 heterocycles. The summed E-state index contributed by atoms with van der Waals surface area (Å²) in [4.78, 5) is 27.0. The van der Waals surface area contributed by atoms with E-state index in [2.05, 4.69) is 22.4 Å². The van der Waals surface area contributed by atoms with Gasteiger partial charge in [-0.2, -0.15) is 12.6 Å². The molecule has 0 aromatic rings. The van der Waals surface area contributed by atoms with Gasteiger partial charge in [-0.15, -0.1) is 0 Å². The van der Waals surface area contributed by atoms with Crippen LogP contribution >= 0.6 is 12.6 Å². The van der Waals surface area contributed by atoms with Crippen LogP contribution in [0.2, 0.25) is 0 Å². The van der Waals surface area contributed by atoms with Gasteiger partial charge in [-0.05, 0) is 58.5 Å². The summed E-state index contributed by atoms with van der Waals surface area (Å²) in [6.07, 6.45) is 5.54. The smallest absolute Gasteiger partial charge is 0.310 e. The molecule has 206 valence electrons. The Balaban J connectivity index is -0.000000466. The van der Waals surface area contributed by atoms with Crippen molar-refractivity contribution in [1.29, 1.82) is 0 Å². The Hall–Kier alpha value is -0.870. The molecule has 2 N–H and O–H groups in total. The molecular weight excluding hydrogens is 454 g/mol. The Labute approximate surface area is 215 Å². The lowest BCUT2D eigenvalue weighted by Crippen LogP contribution is -2.40. The van der Waals surface area contributed by atoms with E-state index < -0.39 is 0 Å². The Kier molecular flexibility index (Phi) is 31.4. The molecule has 0 aliphatic carbocycles. The Morgan fingerprint density at radius 1 is 0.853 bits per heavy atom. The summed E-state index contributed by atoms with van der Waals surface area (Å²) in [5, 5.41) is 0. The largest absolute Gasteiger partial charge is 0.466 e. The quantitative estimate of drug-likeness (QED) is 0.364. The third-order valence-corrected chi connectivity index (χ3v) is 5.34. The average Bonchev–Trinajstić information content (AvgIpc) is 2.90. The fraction of sp³-hybridized carbons (Fsp3) is 0.920. The third kappa shape index (κ3) is 19.4. The fourth-order valence-electron chi connectivity index (χ4n) is 3.59. The first-order chi connectivity index (χ1) is 16.5. The van der Waals surface area contributed by atoms with Crippen molar-refractivity contribution >= 4 is 24.5 Å². The zero-order valence-corrected chi connectivity index (χ0v) is 24.2. The van der Waals surface area contributed by atoms with Crippen LogP contribution in [0.25, 0.3) is 0 Å². The SMILES string of the molecule is CC.CC.CCOC(=O)C1CCCN(CCOC)C1.COCCN1CCC(C(N)=O)CC1.CS. The number of methoxy groups -OCH3 is 2. The molecule has 9 heteroatoms. The van der Waals surface area contributed by atoms with Gasteiger partial charge in [0.25, 0.3) is 0 Å². The van der Waals surface area contributed by atoms with Crippen LogP contribution in [-0.2, 0) is 23.8 Å². The number of rotatable bonds is 9. The predicted molar refractivity (Wildman–Crippen MR) is 146 cm³/mol. The lowest BCUT2D eigenvalue weighted by Gasteiger charge is -2.31. The first-order valence-corrected chi connectivity index (χ1v) is 13.7. The third-order valence-electron chi connectivity index (χ3n) is 5.34. The van der Waals surface area contributed by atoms with Crippen molar-refractivity contribution in [2.75, 3.05) is 79.6 Å². The monoisotopic (exact) mass is 509 g/mol. The van der Waals surface area contributed by atoms with E-state index in [0.29, 0.717) is 6.61 Å². The van der Waals surface area contributed by atoms with Gasteiger partial charge < -0.3 is 29.7 Å². The second-order valence-electron chi connectivity index (χ2n) is 7.40. The molecule has 1 unspecified atom stereocenters. The number of carbonyl (C=O) groups is 2. The molecule has 1 atom stereocenters. The van der Waals surface area contributed by atoms with Crippen LogP contribution in [0.1, 0.15) is 60.3 Å². The summed E-state index contributed by atoms with van der Waals surface area (Å²) in [5.41, 5.74) is 5.23. The van der Waals surface area contributed by atoms with Crippen molar-refractivity contribution in [2.24, 2.45) is 17.6 Å². The van der Waals surface area contributed by atoms with E-state index in [9.17, 15) is 9.59 Å². The normalized spacial score (nSPS) is 18.3. The minimum atomic E-state index is -0.147. The lowest BCUT2D eigenvalue weighted by molar-refractivity contribution is -0.150. The Morgan fingerprint density at radius 3 is 1.79 bits per heavy atom. The summed E-state index contributed by atoms with van der Waals surface area (Å²) >= 11 is 3.53. The summed E-state index contributed by atoms with van der Waals surface area (Å²) in [7, 11) is 3.41. The van der Waals surface area contributed by atoms with Crippen LogP contribution in [0.15, 0.2) is 0 Å². The van der Waals surface area contributed by atoms with Crippen molar-refractivity contribution in [3.05, 3.63) is 0 Å². The fourth-order valence-corrected chi connectivity index (χ4v) is 3.59. The molecule has 0 aromatic heterocycles. The summed E-state index contributed by atoms with van der Waals surface area (Å²) in [6.45, 7) is 17.5. The maximum atomic E-state index is 11.5. The topological polar surface area (TPSA) is 94.3 Å². The van der Waals surface area contributed by atoms with Gasteiger partial charge in [0.05, 0.1) is 25.7 Å². The second kappa shape index (κ2) is 28.4. The van der Waals surface area contributed by atoms with Crippen LogP contribution in [0.4, 0.5) is 0 Å². The maximum absolute atomic E-state index is 11.5. The van der Waals surface area contributed by atoms with E-state index in [1.165, 1.54) is 0 Å². The van der Waals surface area contributed by atoms with Crippen LogP contribution in [0, 0.1) is 11.8 Å². The molecule has 0 radical (unpaired) electrons. The number of amides is 1. The number of carbonyl (C=O) groups excluding carboxylic acids is 2. The molecular formula is C25H55N3O5S. The average molecular weight is 510 g/mol. The van der Waals surface area contributed by atoms with Crippen molar-refractivity contribution in [3.63, 3.8) is 0 Å². The van der Waals surface area contributed by atoms with Crippen LogP contribution in [-0.4, -0.2) is 101 Å². The van der Waals surface area contributed by atoms with Crippen molar-refractivity contribution in [2.45, 2.75) is 60.3 Å². The number of likely N-dealkylation sites (tertiary alicyclic amines) is 2. The number of hydrogen-bond donors (Lipinski definition) is 2. The molecule has 0 bridgehead atoms. The highest BCUT2D eigenvalue weighted by Gasteiger charge is 2.26. The molecule has 0 spiro atoms. The first-order valence-electron chi connectivity index (χ1n) is 12.8. The highest BCUT2D eigenvalue weighted by molar-refractivity contribution is 7.79. The molecule has 2 aliphatic heterocycles. The van der Waals surface area contributed by atoms with Crippen LogP contribution in [0.5, 0.6) is 0 Å². The van der Waals surface area contributed by atoms with Crippen molar-refractivity contribution in [3.8, 4) is 0 Å². The summed E-state index contributed by atoms with van der Waals surface area (Å²) in [6, 6.07) is 0. The Morgan fingerprint density at radius 2 is 1.35 bits per heavy atom. The molecule has 2 aliphatic rings. The molecule has 0 saturated carbocycles. The highest BCUT2D eigenvalue weighted by Crippen LogP contribution is 2.17. The van der Waals surface area contributed by atoms with Crippen molar-refractivity contribution in [1.82, 2.24) is 9.80 Å². The van der Waals surface area contributed by atoms with Gasteiger partial charge in [0.2, 0.25) is 5.91 Å². The zero-order chi connectivity index (χ0) is 26.8.